The van der Waals surface area contributed by atoms with Crippen molar-refractivity contribution in [3.05, 3.63) is 39.8 Å². The Hall–Kier alpha value is -1.79. The molecular weight excluding hydrogens is 298 g/mol. The Morgan fingerprint density at radius 3 is 2.75 bits per heavy atom. The molecule has 5 nitrogen and oxygen atoms in total. The van der Waals surface area contributed by atoms with Crippen LogP contribution in [0.2, 0.25) is 4.34 Å². The van der Waals surface area contributed by atoms with Gasteiger partial charge in [-0.25, -0.2) is 4.98 Å². The summed E-state index contributed by atoms with van der Waals surface area (Å²) in [6, 6.07) is 7.46. The van der Waals surface area contributed by atoms with Crippen LogP contribution in [0.1, 0.15) is 11.4 Å². The molecule has 3 N–H and O–H groups in total. The van der Waals surface area contributed by atoms with Gasteiger partial charge in [-0.2, -0.15) is 0 Å². The van der Waals surface area contributed by atoms with Gasteiger partial charge in [0.05, 0.1) is 25.8 Å². The first-order valence-electron chi connectivity index (χ1n) is 5.99. The summed E-state index contributed by atoms with van der Waals surface area (Å²) in [5, 5.41) is 4.16. The van der Waals surface area contributed by atoms with Crippen molar-refractivity contribution in [1.82, 2.24) is 4.98 Å². The largest absolute Gasteiger partial charge is 0.493 e. The van der Waals surface area contributed by atoms with Gasteiger partial charge in [0.2, 0.25) is 5.91 Å². The summed E-state index contributed by atoms with van der Waals surface area (Å²) in [4.78, 5) is 14.7. The molecule has 1 amide bonds. The third kappa shape index (κ3) is 4.71. The molecule has 0 atom stereocenters. The quantitative estimate of drug-likeness (QED) is 0.824. The number of hydrogen-bond donors (Lipinski definition) is 2. The molecule has 2 aromatic rings. The number of primary amides is 1. The Kier molecular flexibility index (Phi) is 5.20. The standard InChI is InChI=1S/C13H14ClN3O2S/c14-11-7-17-13(20-11)8-16-9-1-3-10(4-2-9)19-6-5-12(15)18/h1-4,7,16H,5-6,8H2,(H2,15,18). The van der Waals surface area contributed by atoms with E-state index in [0.717, 1.165) is 10.7 Å². The molecule has 7 heteroatoms. The van der Waals surface area contributed by atoms with Crippen molar-refractivity contribution in [3.63, 3.8) is 0 Å². The average Bonchev–Trinajstić information content (AvgIpc) is 2.83. The van der Waals surface area contributed by atoms with E-state index in [1.165, 1.54) is 11.3 Å². The summed E-state index contributed by atoms with van der Waals surface area (Å²) < 4.78 is 6.06. The Morgan fingerprint density at radius 1 is 1.40 bits per heavy atom. The van der Waals surface area contributed by atoms with Gasteiger partial charge in [-0.3, -0.25) is 4.79 Å². The molecule has 0 saturated carbocycles. The molecule has 1 aromatic heterocycles. The van der Waals surface area contributed by atoms with Gasteiger partial charge in [-0.1, -0.05) is 11.6 Å². The minimum absolute atomic E-state index is 0.213. The molecule has 20 heavy (non-hydrogen) atoms. The zero-order chi connectivity index (χ0) is 14.4. The highest BCUT2D eigenvalue weighted by molar-refractivity contribution is 7.15. The lowest BCUT2D eigenvalue weighted by atomic mass is 10.3. The molecule has 0 spiro atoms. The second kappa shape index (κ2) is 7.12. The number of carbonyl (C=O) groups excluding carboxylic acids is 1. The van der Waals surface area contributed by atoms with Crippen LogP contribution in [0.4, 0.5) is 5.69 Å². The summed E-state index contributed by atoms with van der Waals surface area (Å²) in [5.74, 6) is 0.333. The first-order valence-corrected chi connectivity index (χ1v) is 7.18. The topological polar surface area (TPSA) is 77.2 Å². The number of benzene rings is 1. The number of halogens is 1. The van der Waals surface area contributed by atoms with Crippen molar-refractivity contribution in [3.8, 4) is 5.75 Å². The number of carbonyl (C=O) groups is 1. The van der Waals surface area contributed by atoms with Crippen molar-refractivity contribution in [2.24, 2.45) is 5.73 Å². The number of nitrogens with two attached hydrogens (primary N) is 1. The monoisotopic (exact) mass is 311 g/mol. The summed E-state index contributed by atoms with van der Waals surface area (Å²) in [5.41, 5.74) is 5.99. The van der Waals surface area contributed by atoms with Gasteiger partial charge in [0.15, 0.2) is 0 Å². The number of ether oxygens (including phenoxy) is 1. The Labute approximate surface area is 125 Å². The number of amides is 1. The minimum atomic E-state index is -0.370. The average molecular weight is 312 g/mol. The van der Waals surface area contributed by atoms with Gasteiger partial charge >= 0.3 is 0 Å². The van der Waals surface area contributed by atoms with E-state index in [9.17, 15) is 4.79 Å². The fourth-order valence-electron chi connectivity index (χ4n) is 1.49. The number of nitrogens with one attached hydrogen (secondary N) is 1. The summed E-state index contributed by atoms with van der Waals surface area (Å²) >= 11 is 7.26. The van der Waals surface area contributed by atoms with Gasteiger partial charge in [0, 0.05) is 5.69 Å². The second-order valence-electron chi connectivity index (χ2n) is 4.00. The molecule has 106 valence electrons. The molecule has 0 bridgehead atoms. The van der Waals surface area contributed by atoms with Crippen molar-refractivity contribution in [2.45, 2.75) is 13.0 Å². The zero-order valence-electron chi connectivity index (χ0n) is 10.6. The summed E-state index contributed by atoms with van der Waals surface area (Å²) in [7, 11) is 0. The van der Waals surface area contributed by atoms with Crippen LogP contribution in [0.15, 0.2) is 30.5 Å². The molecule has 0 aliphatic rings. The van der Waals surface area contributed by atoms with Crippen LogP contribution in [-0.2, 0) is 11.3 Å². The smallest absolute Gasteiger partial charge is 0.220 e. The zero-order valence-corrected chi connectivity index (χ0v) is 12.2. The number of nitrogens with zero attached hydrogens (tertiary/aromatic N) is 1. The van der Waals surface area contributed by atoms with E-state index >= 15 is 0 Å². The van der Waals surface area contributed by atoms with E-state index in [2.05, 4.69) is 10.3 Å². The van der Waals surface area contributed by atoms with Gasteiger partial charge in [-0.15, -0.1) is 11.3 Å². The lowest BCUT2D eigenvalue weighted by Crippen LogP contribution is -2.14. The van der Waals surface area contributed by atoms with Crippen LogP contribution < -0.4 is 15.8 Å². The highest BCUT2D eigenvalue weighted by Gasteiger charge is 2.01. The third-order valence-electron chi connectivity index (χ3n) is 2.44. The predicted molar refractivity (Wildman–Crippen MR) is 80.2 cm³/mol. The lowest BCUT2D eigenvalue weighted by Gasteiger charge is -2.07. The predicted octanol–water partition coefficient (Wildman–Crippen LogP) is 2.66. The van der Waals surface area contributed by atoms with Crippen LogP contribution in [-0.4, -0.2) is 17.5 Å². The van der Waals surface area contributed by atoms with Crippen molar-refractivity contribution in [2.75, 3.05) is 11.9 Å². The maximum atomic E-state index is 10.6. The van der Waals surface area contributed by atoms with Gasteiger partial charge in [0.25, 0.3) is 0 Å². The molecule has 1 heterocycles. The van der Waals surface area contributed by atoms with Gasteiger partial charge < -0.3 is 15.8 Å². The number of anilines is 1. The highest BCUT2D eigenvalue weighted by Crippen LogP contribution is 2.20. The lowest BCUT2D eigenvalue weighted by molar-refractivity contribution is -0.118. The molecule has 2 rings (SSSR count). The SMILES string of the molecule is NC(=O)CCOc1ccc(NCc2ncc(Cl)s2)cc1. The summed E-state index contributed by atoms with van der Waals surface area (Å²) in [6.45, 7) is 0.916. The van der Waals surface area contributed by atoms with E-state index in [0.29, 0.717) is 23.2 Å². The minimum Gasteiger partial charge on any atom is -0.493 e. The Balaban J connectivity index is 1.80. The number of aromatic nitrogens is 1. The molecule has 0 radical (unpaired) electrons. The fourth-order valence-corrected chi connectivity index (χ4v) is 2.38. The molecule has 0 aliphatic carbocycles. The summed E-state index contributed by atoms with van der Waals surface area (Å²) in [6.07, 6.45) is 1.85. The van der Waals surface area contributed by atoms with Crippen molar-refractivity contribution in [1.29, 1.82) is 0 Å². The molecular formula is C13H14ClN3O2S. The van der Waals surface area contributed by atoms with Crippen LogP contribution in [0, 0.1) is 0 Å². The maximum Gasteiger partial charge on any atom is 0.220 e. The number of rotatable bonds is 7. The molecule has 0 fully saturated rings. The number of hydrogen-bond acceptors (Lipinski definition) is 5. The molecule has 0 unspecified atom stereocenters. The molecule has 1 aromatic carbocycles. The number of thiazole rings is 1. The Morgan fingerprint density at radius 2 is 2.15 bits per heavy atom. The van der Waals surface area contributed by atoms with Crippen LogP contribution in [0.25, 0.3) is 0 Å². The first-order chi connectivity index (χ1) is 9.63. The van der Waals surface area contributed by atoms with Crippen molar-refractivity contribution < 1.29 is 9.53 Å². The molecule has 0 aliphatic heterocycles. The van der Waals surface area contributed by atoms with E-state index < -0.39 is 0 Å². The first kappa shape index (κ1) is 14.6. The second-order valence-corrected chi connectivity index (χ2v) is 5.75. The highest BCUT2D eigenvalue weighted by atomic mass is 35.5. The normalized spacial score (nSPS) is 10.2. The van der Waals surface area contributed by atoms with Crippen LogP contribution >= 0.6 is 22.9 Å². The van der Waals surface area contributed by atoms with E-state index in [-0.39, 0.29) is 12.3 Å². The van der Waals surface area contributed by atoms with E-state index in [1.807, 2.05) is 24.3 Å². The maximum absolute atomic E-state index is 10.6. The van der Waals surface area contributed by atoms with Crippen LogP contribution in [0.5, 0.6) is 5.75 Å². The Bertz CT molecular complexity index is 571. The molecule has 0 saturated heterocycles. The van der Waals surface area contributed by atoms with Crippen molar-refractivity contribution >= 4 is 34.5 Å². The van der Waals surface area contributed by atoms with E-state index in [1.54, 1.807) is 6.20 Å². The van der Waals surface area contributed by atoms with Crippen LogP contribution in [0.3, 0.4) is 0 Å². The fraction of sp³-hybridized carbons (Fsp3) is 0.231. The van der Waals surface area contributed by atoms with E-state index in [4.69, 9.17) is 22.1 Å². The van der Waals surface area contributed by atoms with Gasteiger partial charge in [0.1, 0.15) is 15.1 Å². The van der Waals surface area contributed by atoms with Gasteiger partial charge in [-0.05, 0) is 24.3 Å². The third-order valence-corrected chi connectivity index (χ3v) is 3.56.